The standard InChI is InChI=1S/C24H48O2Si3/c1-15-17(3)21-11-19(15)13-23(21)27(5,6)25-29(9,10)26-28(7,8)24-14-20-12-22(24)18(4)16(20)2/h15-24H,11-14H2,1-10H3/t15-,16+,17+,18-,19?,20?,21?,22?,23?,24?. The zero-order valence-electron chi connectivity index (χ0n) is 20.9. The second kappa shape index (κ2) is 7.29. The van der Waals surface area contributed by atoms with Crippen LogP contribution in [0, 0.1) is 47.3 Å². The molecule has 4 rings (SSSR count). The largest absolute Gasteiger partial charge is 0.436 e. The number of fused-ring (bicyclic) bond motifs is 4. The van der Waals surface area contributed by atoms with E-state index < -0.39 is 25.2 Å². The minimum absolute atomic E-state index is 0.849. The lowest BCUT2D eigenvalue weighted by atomic mass is 9.81. The molecule has 4 fully saturated rings. The summed E-state index contributed by atoms with van der Waals surface area (Å²) in [7, 11) is -5.62. The lowest BCUT2D eigenvalue weighted by Crippen LogP contribution is -2.56. The summed E-state index contributed by atoms with van der Waals surface area (Å²) in [5.74, 6) is 7.39. The maximum absolute atomic E-state index is 7.16. The average Bonchev–Trinajstić information content (AvgIpc) is 3.30. The summed E-state index contributed by atoms with van der Waals surface area (Å²) >= 11 is 0. The van der Waals surface area contributed by atoms with E-state index >= 15 is 0 Å². The van der Waals surface area contributed by atoms with Gasteiger partial charge in [0.15, 0.2) is 16.6 Å². The van der Waals surface area contributed by atoms with Crippen molar-refractivity contribution < 1.29 is 8.23 Å². The van der Waals surface area contributed by atoms with Gasteiger partial charge in [-0.05, 0) is 123 Å². The molecular weight excluding hydrogens is 405 g/mol. The van der Waals surface area contributed by atoms with Crippen molar-refractivity contribution in [1.82, 2.24) is 0 Å². The van der Waals surface area contributed by atoms with Crippen LogP contribution in [-0.4, -0.2) is 25.2 Å². The smallest absolute Gasteiger partial charge is 0.311 e. The topological polar surface area (TPSA) is 18.5 Å². The molecule has 0 radical (unpaired) electrons. The zero-order chi connectivity index (χ0) is 21.5. The van der Waals surface area contributed by atoms with Gasteiger partial charge in [0.05, 0.1) is 0 Å². The summed E-state index contributed by atoms with van der Waals surface area (Å²) in [6.45, 7) is 24.8. The molecule has 0 aliphatic heterocycles. The molecule has 2 nitrogen and oxygen atoms in total. The third kappa shape index (κ3) is 3.83. The number of hydrogen-bond donors (Lipinski definition) is 0. The van der Waals surface area contributed by atoms with Crippen molar-refractivity contribution in [3.8, 4) is 0 Å². The highest BCUT2D eigenvalue weighted by Crippen LogP contribution is 2.62. The first-order chi connectivity index (χ1) is 13.2. The normalized spacial score (nSPS) is 47.4. The molecule has 0 amide bonds. The van der Waals surface area contributed by atoms with Crippen molar-refractivity contribution in [3.05, 3.63) is 0 Å². The highest BCUT2D eigenvalue weighted by atomic mass is 28.5. The van der Waals surface area contributed by atoms with Gasteiger partial charge in [-0.15, -0.1) is 0 Å². The predicted octanol–water partition coefficient (Wildman–Crippen LogP) is 7.50. The van der Waals surface area contributed by atoms with E-state index in [0.717, 1.165) is 58.4 Å². The van der Waals surface area contributed by atoms with E-state index in [0.29, 0.717) is 0 Å². The van der Waals surface area contributed by atoms with Gasteiger partial charge in [-0.25, -0.2) is 0 Å². The minimum atomic E-state index is -2.12. The first-order valence-electron chi connectivity index (χ1n) is 12.6. The van der Waals surface area contributed by atoms with Crippen LogP contribution in [0.3, 0.4) is 0 Å². The molecule has 0 aromatic rings. The van der Waals surface area contributed by atoms with Crippen molar-refractivity contribution in [1.29, 1.82) is 0 Å². The van der Waals surface area contributed by atoms with E-state index in [9.17, 15) is 0 Å². The Labute approximate surface area is 184 Å². The number of rotatable bonds is 6. The minimum Gasteiger partial charge on any atom is -0.436 e. The molecule has 4 aliphatic carbocycles. The molecule has 0 spiro atoms. The molecule has 10 atom stereocenters. The van der Waals surface area contributed by atoms with Crippen LogP contribution in [0.25, 0.3) is 0 Å². The van der Waals surface area contributed by atoms with E-state index in [1.165, 1.54) is 25.7 Å². The second-order valence-corrected chi connectivity index (χ2v) is 25.6. The van der Waals surface area contributed by atoms with Gasteiger partial charge in [-0.3, -0.25) is 0 Å². The molecule has 0 heterocycles. The molecule has 5 heteroatoms. The quantitative estimate of drug-likeness (QED) is 0.388. The molecule has 4 bridgehead atoms. The van der Waals surface area contributed by atoms with Crippen LogP contribution in [0.1, 0.15) is 53.4 Å². The van der Waals surface area contributed by atoms with Crippen molar-refractivity contribution in [3.63, 3.8) is 0 Å². The monoisotopic (exact) mass is 452 g/mol. The van der Waals surface area contributed by atoms with Crippen molar-refractivity contribution in [2.24, 2.45) is 47.3 Å². The fourth-order valence-electron chi connectivity index (χ4n) is 8.92. The Bertz CT molecular complexity index is 578. The Morgan fingerprint density at radius 2 is 0.862 bits per heavy atom. The van der Waals surface area contributed by atoms with E-state index in [1.54, 1.807) is 0 Å². The Kier molecular flexibility index (Phi) is 5.72. The Morgan fingerprint density at radius 3 is 1.14 bits per heavy atom. The van der Waals surface area contributed by atoms with Gasteiger partial charge in [-0.2, -0.15) is 0 Å². The first-order valence-corrected chi connectivity index (χ1v) is 21.4. The molecule has 168 valence electrons. The molecule has 0 aromatic carbocycles. The van der Waals surface area contributed by atoms with Gasteiger partial charge < -0.3 is 8.23 Å². The second-order valence-electron chi connectivity index (χ2n) is 13.3. The van der Waals surface area contributed by atoms with Crippen LogP contribution < -0.4 is 0 Å². The molecule has 6 unspecified atom stereocenters. The molecule has 0 saturated heterocycles. The molecule has 29 heavy (non-hydrogen) atoms. The Morgan fingerprint density at radius 1 is 0.517 bits per heavy atom. The fraction of sp³-hybridized carbons (Fsp3) is 1.00. The van der Waals surface area contributed by atoms with Crippen LogP contribution in [0.15, 0.2) is 0 Å². The van der Waals surface area contributed by atoms with Gasteiger partial charge in [0.2, 0.25) is 0 Å². The molecule has 0 aromatic heterocycles. The van der Waals surface area contributed by atoms with Gasteiger partial charge in [0.25, 0.3) is 0 Å². The summed E-state index contributed by atoms with van der Waals surface area (Å²) in [5.41, 5.74) is 1.70. The highest BCUT2D eigenvalue weighted by Gasteiger charge is 2.58. The van der Waals surface area contributed by atoms with E-state index in [4.69, 9.17) is 8.23 Å². The summed E-state index contributed by atoms with van der Waals surface area (Å²) in [5, 5.41) is 0. The van der Waals surface area contributed by atoms with Crippen molar-refractivity contribution in [2.45, 2.75) is 104 Å². The highest BCUT2D eigenvalue weighted by molar-refractivity contribution is 6.88. The van der Waals surface area contributed by atoms with Crippen LogP contribution in [0.4, 0.5) is 0 Å². The number of hydrogen-bond acceptors (Lipinski definition) is 2. The maximum atomic E-state index is 7.16. The summed E-state index contributed by atoms with van der Waals surface area (Å²) in [6.07, 6.45) is 5.80. The SMILES string of the molecule is C[C@@H]1C2CC(CC2[Si](C)(C)O[Si](C)(C)O[Si](C)(C)C2CC3CC2[C@H](C)[C@@H]3C)[C@@H]1C. The third-order valence-electron chi connectivity index (χ3n) is 10.6. The van der Waals surface area contributed by atoms with Crippen LogP contribution in [0.2, 0.25) is 50.4 Å². The van der Waals surface area contributed by atoms with E-state index in [-0.39, 0.29) is 0 Å². The van der Waals surface area contributed by atoms with Crippen molar-refractivity contribution in [2.75, 3.05) is 0 Å². The molecule has 0 N–H and O–H groups in total. The van der Waals surface area contributed by atoms with Gasteiger partial charge in [0, 0.05) is 0 Å². The van der Waals surface area contributed by atoms with E-state index in [2.05, 4.69) is 67.0 Å². The van der Waals surface area contributed by atoms with Crippen molar-refractivity contribution >= 4 is 25.2 Å². The molecule has 4 aliphatic rings. The van der Waals surface area contributed by atoms with Crippen LogP contribution >= 0.6 is 0 Å². The maximum Gasteiger partial charge on any atom is 0.311 e. The van der Waals surface area contributed by atoms with Gasteiger partial charge in [-0.1, -0.05) is 27.7 Å². The fourth-order valence-corrected chi connectivity index (χ4v) is 25.5. The summed E-state index contributed by atoms with van der Waals surface area (Å²) in [6, 6.07) is 0. The van der Waals surface area contributed by atoms with E-state index in [1.807, 2.05) is 0 Å². The van der Waals surface area contributed by atoms with Gasteiger partial charge in [0.1, 0.15) is 0 Å². The first kappa shape index (κ1) is 22.8. The van der Waals surface area contributed by atoms with Crippen LogP contribution in [-0.2, 0) is 8.23 Å². The zero-order valence-corrected chi connectivity index (χ0v) is 23.9. The average molecular weight is 453 g/mol. The lowest BCUT2D eigenvalue weighted by molar-refractivity contribution is 0.237. The lowest BCUT2D eigenvalue weighted by Gasteiger charge is -2.47. The van der Waals surface area contributed by atoms with Gasteiger partial charge >= 0.3 is 8.56 Å². The molecule has 4 saturated carbocycles. The Balaban J connectivity index is 1.42. The van der Waals surface area contributed by atoms with Crippen LogP contribution in [0.5, 0.6) is 0 Å². The summed E-state index contributed by atoms with van der Waals surface area (Å²) in [4.78, 5) is 0. The molecular formula is C24H48O2Si3. The third-order valence-corrected chi connectivity index (χ3v) is 23.6. The predicted molar refractivity (Wildman–Crippen MR) is 131 cm³/mol. The summed E-state index contributed by atoms with van der Waals surface area (Å²) < 4.78 is 14.3. The Hall–Kier alpha value is 0.571.